The number of aryl methyl sites for hydroxylation is 4. The van der Waals surface area contributed by atoms with Crippen LogP contribution < -0.4 is 10.6 Å². The van der Waals surface area contributed by atoms with E-state index in [1.165, 1.54) is 16.8 Å². The van der Waals surface area contributed by atoms with Crippen molar-refractivity contribution in [3.05, 3.63) is 65.2 Å². The first-order chi connectivity index (χ1) is 13.0. The fourth-order valence-corrected chi connectivity index (χ4v) is 3.12. The first-order valence-electron chi connectivity index (χ1n) is 9.13. The lowest BCUT2D eigenvalue weighted by molar-refractivity contribution is 0.558. The smallest absolute Gasteiger partial charge is 0.170 e. The number of thiocarbonyl (C=S) groups is 1. The molecule has 2 heterocycles. The Morgan fingerprint density at radius 1 is 1.15 bits per heavy atom. The maximum atomic E-state index is 5.37. The Kier molecular flexibility index (Phi) is 6.24. The fourth-order valence-electron chi connectivity index (χ4n) is 2.90. The summed E-state index contributed by atoms with van der Waals surface area (Å²) in [6, 6.07) is 10.6. The van der Waals surface area contributed by atoms with Gasteiger partial charge in [-0.15, -0.1) is 0 Å². The fraction of sp³-hybridized carbons (Fsp3) is 0.350. The molecule has 2 aromatic heterocycles. The molecule has 27 heavy (non-hydrogen) atoms. The first kappa shape index (κ1) is 19.1. The molecular formula is C20H26N6S. The zero-order valence-electron chi connectivity index (χ0n) is 16.1. The summed E-state index contributed by atoms with van der Waals surface area (Å²) in [6.07, 6.45) is 4.71. The van der Waals surface area contributed by atoms with Crippen LogP contribution in [0.1, 0.15) is 28.9 Å². The predicted molar refractivity (Wildman–Crippen MR) is 113 cm³/mol. The molecule has 0 unspecified atom stereocenters. The summed E-state index contributed by atoms with van der Waals surface area (Å²) < 4.78 is 3.93. The predicted octanol–water partition coefficient (Wildman–Crippen LogP) is 3.43. The molecule has 0 bridgehead atoms. The van der Waals surface area contributed by atoms with Gasteiger partial charge in [0.05, 0.1) is 24.1 Å². The molecule has 3 rings (SSSR count). The molecule has 0 saturated carbocycles. The number of nitrogens with one attached hydrogen (secondary N) is 2. The van der Waals surface area contributed by atoms with Crippen LogP contribution in [0.3, 0.4) is 0 Å². The molecule has 3 aromatic rings. The topological polar surface area (TPSA) is 59.7 Å². The Hall–Kier alpha value is -2.67. The van der Waals surface area contributed by atoms with Crippen LogP contribution in [0.25, 0.3) is 0 Å². The maximum absolute atomic E-state index is 5.37. The van der Waals surface area contributed by atoms with Gasteiger partial charge in [-0.3, -0.25) is 9.36 Å². The first-order valence-corrected chi connectivity index (χ1v) is 9.54. The number of nitrogens with zero attached hydrogens (tertiary/aromatic N) is 4. The molecule has 0 atom stereocenters. The SMILES string of the molecule is Cc1ccc(Cn2cc(NC(=S)NCCCn3nc(C)cc3C)cn2)cc1. The van der Waals surface area contributed by atoms with E-state index in [1.54, 1.807) is 6.20 Å². The van der Waals surface area contributed by atoms with E-state index in [0.717, 1.165) is 37.4 Å². The van der Waals surface area contributed by atoms with Crippen LogP contribution in [0.2, 0.25) is 0 Å². The molecule has 1 aromatic carbocycles. The summed E-state index contributed by atoms with van der Waals surface area (Å²) in [6.45, 7) is 8.59. The molecule has 0 aliphatic rings. The molecule has 0 spiro atoms. The zero-order valence-corrected chi connectivity index (χ0v) is 16.9. The Labute approximate surface area is 165 Å². The third-order valence-electron chi connectivity index (χ3n) is 4.29. The number of anilines is 1. The minimum absolute atomic E-state index is 0.609. The van der Waals surface area contributed by atoms with E-state index in [-0.39, 0.29) is 0 Å². The van der Waals surface area contributed by atoms with Crippen LogP contribution in [-0.4, -0.2) is 31.2 Å². The summed E-state index contributed by atoms with van der Waals surface area (Å²) in [5.41, 5.74) is 5.61. The summed E-state index contributed by atoms with van der Waals surface area (Å²) in [5.74, 6) is 0. The highest BCUT2D eigenvalue weighted by molar-refractivity contribution is 7.80. The second-order valence-corrected chi connectivity index (χ2v) is 7.21. The monoisotopic (exact) mass is 382 g/mol. The lowest BCUT2D eigenvalue weighted by Gasteiger charge is -2.09. The van der Waals surface area contributed by atoms with Crippen molar-refractivity contribution in [3.8, 4) is 0 Å². The van der Waals surface area contributed by atoms with Crippen LogP contribution in [0.5, 0.6) is 0 Å². The van der Waals surface area contributed by atoms with Gasteiger partial charge >= 0.3 is 0 Å². The Bertz CT molecular complexity index is 894. The minimum atomic E-state index is 0.609. The Morgan fingerprint density at radius 2 is 1.93 bits per heavy atom. The van der Waals surface area contributed by atoms with Crippen molar-refractivity contribution < 1.29 is 0 Å². The van der Waals surface area contributed by atoms with Gasteiger partial charge in [0, 0.05) is 25.0 Å². The van der Waals surface area contributed by atoms with Crippen molar-refractivity contribution >= 4 is 23.0 Å². The molecule has 6 nitrogen and oxygen atoms in total. The lowest BCUT2D eigenvalue weighted by Crippen LogP contribution is -2.29. The van der Waals surface area contributed by atoms with Gasteiger partial charge in [-0.2, -0.15) is 10.2 Å². The largest absolute Gasteiger partial charge is 0.362 e. The van der Waals surface area contributed by atoms with E-state index in [9.17, 15) is 0 Å². The van der Waals surface area contributed by atoms with Crippen LogP contribution in [0.4, 0.5) is 5.69 Å². The van der Waals surface area contributed by atoms with Crippen LogP contribution in [0.15, 0.2) is 42.7 Å². The van der Waals surface area contributed by atoms with Gasteiger partial charge in [-0.1, -0.05) is 29.8 Å². The molecule has 0 fully saturated rings. The van der Waals surface area contributed by atoms with Crippen LogP contribution in [0, 0.1) is 20.8 Å². The van der Waals surface area contributed by atoms with Gasteiger partial charge in [0.1, 0.15) is 0 Å². The van der Waals surface area contributed by atoms with Gasteiger partial charge in [-0.25, -0.2) is 0 Å². The third-order valence-corrected chi connectivity index (χ3v) is 4.54. The summed E-state index contributed by atoms with van der Waals surface area (Å²) in [7, 11) is 0. The van der Waals surface area contributed by atoms with Crippen molar-refractivity contribution in [2.45, 2.75) is 40.3 Å². The average Bonchev–Trinajstić information content (AvgIpc) is 3.19. The van der Waals surface area contributed by atoms with Gasteiger partial charge in [0.15, 0.2) is 5.11 Å². The highest BCUT2D eigenvalue weighted by Crippen LogP contribution is 2.09. The van der Waals surface area contributed by atoms with Gasteiger partial charge in [0.2, 0.25) is 0 Å². The van der Waals surface area contributed by atoms with Crippen LogP contribution >= 0.6 is 12.2 Å². The van der Waals surface area contributed by atoms with Crippen molar-refractivity contribution in [3.63, 3.8) is 0 Å². The van der Waals surface area contributed by atoms with Crippen molar-refractivity contribution in [2.75, 3.05) is 11.9 Å². The molecule has 142 valence electrons. The van der Waals surface area contributed by atoms with Gasteiger partial charge < -0.3 is 10.6 Å². The normalized spacial score (nSPS) is 10.8. The molecular weight excluding hydrogens is 356 g/mol. The van der Waals surface area contributed by atoms with Crippen molar-refractivity contribution in [1.29, 1.82) is 0 Å². The number of hydrogen-bond acceptors (Lipinski definition) is 3. The second-order valence-electron chi connectivity index (χ2n) is 6.80. The quantitative estimate of drug-likeness (QED) is 0.484. The summed E-state index contributed by atoms with van der Waals surface area (Å²) in [4.78, 5) is 0. The van der Waals surface area contributed by atoms with Gasteiger partial charge in [-0.05, 0) is 51.0 Å². The Balaban J connectivity index is 1.41. The standard InChI is InChI=1S/C20H26N6S/c1-15-5-7-18(8-6-15)13-25-14-19(12-22-25)23-20(27)21-9-4-10-26-17(3)11-16(2)24-26/h5-8,11-12,14H,4,9-10,13H2,1-3H3,(H2,21,23,27). The molecule has 0 radical (unpaired) electrons. The van der Waals surface area contributed by atoms with Crippen molar-refractivity contribution in [1.82, 2.24) is 24.9 Å². The lowest BCUT2D eigenvalue weighted by atomic mass is 10.1. The summed E-state index contributed by atoms with van der Waals surface area (Å²) >= 11 is 5.37. The number of benzene rings is 1. The average molecular weight is 383 g/mol. The molecule has 2 N–H and O–H groups in total. The highest BCUT2D eigenvalue weighted by atomic mass is 32.1. The number of rotatable bonds is 7. The molecule has 0 amide bonds. The van der Waals surface area contributed by atoms with E-state index < -0.39 is 0 Å². The molecule has 7 heteroatoms. The summed E-state index contributed by atoms with van der Waals surface area (Å²) in [5, 5.41) is 15.9. The number of hydrogen-bond donors (Lipinski definition) is 2. The van der Waals surface area contributed by atoms with E-state index in [2.05, 4.69) is 65.0 Å². The second kappa shape index (κ2) is 8.81. The van der Waals surface area contributed by atoms with Gasteiger partial charge in [0.25, 0.3) is 0 Å². The number of aromatic nitrogens is 4. The maximum Gasteiger partial charge on any atom is 0.170 e. The molecule has 0 aliphatic heterocycles. The van der Waals surface area contributed by atoms with Crippen LogP contribution in [-0.2, 0) is 13.1 Å². The third kappa shape index (κ3) is 5.65. The van der Waals surface area contributed by atoms with Crippen molar-refractivity contribution in [2.24, 2.45) is 0 Å². The Morgan fingerprint density at radius 3 is 2.63 bits per heavy atom. The van der Waals surface area contributed by atoms with E-state index in [1.807, 2.05) is 22.5 Å². The molecule has 0 aliphatic carbocycles. The van der Waals surface area contributed by atoms with E-state index >= 15 is 0 Å². The van der Waals surface area contributed by atoms with E-state index in [4.69, 9.17) is 12.2 Å². The highest BCUT2D eigenvalue weighted by Gasteiger charge is 2.03. The minimum Gasteiger partial charge on any atom is -0.362 e. The molecule has 0 saturated heterocycles. The van der Waals surface area contributed by atoms with E-state index in [0.29, 0.717) is 5.11 Å². The zero-order chi connectivity index (χ0) is 19.2.